The minimum absolute atomic E-state index is 0.0507. The number of hydrogen-bond acceptors (Lipinski definition) is 4. The Morgan fingerprint density at radius 2 is 1.86 bits per heavy atom. The molecule has 2 aromatic carbocycles. The number of benzene rings is 2. The molecule has 2 N–H and O–H groups in total. The molecule has 2 amide bonds. The highest BCUT2D eigenvalue weighted by Crippen LogP contribution is 2.18. The zero-order valence-electron chi connectivity index (χ0n) is 16.3. The molecule has 0 bridgehead atoms. The monoisotopic (exact) mass is 409 g/mol. The van der Waals surface area contributed by atoms with Gasteiger partial charge in [0.25, 0.3) is 5.91 Å². The van der Waals surface area contributed by atoms with E-state index < -0.39 is 0 Å². The molecule has 1 heterocycles. The average molecular weight is 410 g/mol. The van der Waals surface area contributed by atoms with Gasteiger partial charge in [0.15, 0.2) is 0 Å². The van der Waals surface area contributed by atoms with E-state index in [-0.39, 0.29) is 29.1 Å². The lowest BCUT2D eigenvalue weighted by atomic mass is 10.1. The second-order valence-corrected chi connectivity index (χ2v) is 7.60. The Morgan fingerprint density at radius 1 is 1.10 bits per heavy atom. The van der Waals surface area contributed by atoms with Crippen LogP contribution in [0, 0.1) is 6.92 Å². The molecule has 150 valence electrons. The minimum Gasteiger partial charge on any atom is -0.350 e. The summed E-state index contributed by atoms with van der Waals surface area (Å²) in [7, 11) is 0. The first-order valence-corrected chi connectivity index (χ1v) is 10.2. The topological polar surface area (TPSA) is 80.2 Å². The number of carbonyl (C=O) groups excluding carboxylic acids is 2. The zero-order valence-corrected chi connectivity index (χ0v) is 17.2. The maximum atomic E-state index is 12.3. The number of anilines is 1. The number of thiazole rings is 1. The van der Waals surface area contributed by atoms with Crippen molar-refractivity contribution in [3.05, 3.63) is 86.5 Å². The van der Waals surface area contributed by atoms with Crippen LogP contribution in [0.3, 0.4) is 0 Å². The predicted molar refractivity (Wildman–Crippen MR) is 115 cm³/mol. The SMILES string of the molecule is Cc1csc(=O)n1CCC(=O)NC(C)c1cccc(NC(=O)c2ccccc2)c1. The van der Waals surface area contributed by atoms with Gasteiger partial charge in [0.2, 0.25) is 5.91 Å². The van der Waals surface area contributed by atoms with E-state index in [1.807, 2.05) is 56.3 Å². The van der Waals surface area contributed by atoms with Gasteiger partial charge < -0.3 is 15.2 Å². The summed E-state index contributed by atoms with van der Waals surface area (Å²) >= 11 is 1.14. The summed E-state index contributed by atoms with van der Waals surface area (Å²) < 4.78 is 1.61. The van der Waals surface area contributed by atoms with E-state index in [0.717, 1.165) is 22.6 Å². The quantitative estimate of drug-likeness (QED) is 0.624. The third-order valence-corrected chi connectivity index (χ3v) is 5.48. The van der Waals surface area contributed by atoms with Gasteiger partial charge in [0.05, 0.1) is 6.04 Å². The summed E-state index contributed by atoms with van der Waals surface area (Å²) in [6.07, 6.45) is 0.228. The number of rotatable bonds is 7. The van der Waals surface area contributed by atoms with Crippen molar-refractivity contribution >= 4 is 28.8 Å². The molecule has 7 heteroatoms. The first-order valence-electron chi connectivity index (χ1n) is 9.34. The normalized spacial score (nSPS) is 11.7. The van der Waals surface area contributed by atoms with Gasteiger partial charge in [0.1, 0.15) is 0 Å². The average Bonchev–Trinajstić information content (AvgIpc) is 3.04. The zero-order chi connectivity index (χ0) is 20.8. The number of carbonyl (C=O) groups is 2. The van der Waals surface area contributed by atoms with E-state index in [1.54, 1.807) is 22.1 Å². The summed E-state index contributed by atoms with van der Waals surface area (Å²) in [5.41, 5.74) is 2.99. The molecule has 1 atom stereocenters. The molecule has 0 saturated heterocycles. The minimum atomic E-state index is -0.226. The first kappa shape index (κ1) is 20.5. The fourth-order valence-electron chi connectivity index (χ4n) is 2.96. The molecule has 1 aromatic heterocycles. The van der Waals surface area contributed by atoms with Gasteiger partial charge in [-0.2, -0.15) is 0 Å². The van der Waals surface area contributed by atoms with Crippen LogP contribution in [0.15, 0.2) is 64.8 Å². The third-order valence-electron chi connectivity index (χ3n) is 4.60. The summed E-state index contributed by atoms with van der Waals surface area (Å²) in [6.45, 7) is 4.10. The lowest BCUT2D eigenvalue weighted by Crippen LogP contribution is -2.28. The van der Waals surface area contributed by atoms with Crippen LogP contribution in [-0.4, -0.2) is 16.4 Å². The molecule has 6 nitrogen and oxygen atoms in total. The second kappa shape index (κ2) is 9.34. The van der Waals surface area contributed by atoms with Crippen molar-refractivity contribution in [3.8, 4) is 0 Å². The summed E-state index contributed by atoms with van der Waals surface area (Å²) in [5, 5.41) is 7.61. The molecule has 0 aliphatic carbocycles. The predicted octanol–water partition coefficient (Wildman–Crippen LogP) is 3.74. The van der Waals surface area contributed by atoms with Gasteiger partial charge in [0, 0.05) is 35.3 Å². The van der Waals surface area contributed by atoms with Crippen molar-refractivity contribution in [3.63, 3.8) is 0 Å². The Bertz CT molecular complexity index is 1060. The number of aromatic nitrogens is 1. The van der Waals surface area contributed by atoms with Crippen LogP contribution in [0.2, 0.25) is 0 Å². The van der Waals surface area contributed by atoms with Gasteiger partial charge in [-0.15, -0.1) is 0 Å². The number of hydrogen-bond donors (Lipinski definition) is 2. The highest BCUT2D eigenvalue weighted by molar-refractivity contribution is 7.07. The van der Waals surface area contributed by atoms with Crippen LogP contribution in [0.5, 0.6) is 0 Å². The molecular formula is C22H23N3O3S. The molecule has 0 aliphatic heterocycles. The van der Waals surface area contributed by atoms with E-state index in [9.17, 15) is 14.4 Å². The van der Waals surface area contributed by atoms with E-state index >= 15 is 0 Å². The molecular weight excluding hydrogens is 386 g/mol. The van der Waals surface area contributed by atoms with Crippen molar-refractivity contribution in [2.75, 3.05) is 5.32 Å². The highest BCUT2D eigenvalue weighted by atomic mass is 32.1. The fourth-order valence-corrected chi connectivity index (χ4v) is 3.72. The highest BCUT2D eigenvalue weighted by Gasteiger charge is 2.12. The fraction of sp³-hybridized carbons (Fsp3) is 0.227. The first-order chi connectivity index (χ1) is 13.9. The molecule has 0 radical (unpaired) electrons. The van der Waals surface area contributed by atoms with Gasteiger partial charge in [-0.25, -0.2) is 0 Å². The maximum Gasteiger partial charge on any atom is 0.307 e. The number of aryl methyl sites for hydroxylation is 1. The van der Waals surface area contributed by atoms with E-state index in [0.29, 0.717) is 17.8 Å². The molecule has 0 fully saturated rings. The van der Waals surface area contributed by atoms with Crippen LogP contribution in [0.4, 0.5) is 5.69 Å². The molecule has 0 spiro atoms. The van der Waals surface area contributed by atoms with Gasteiger partial charge in [-0.05, 0) is 43.7 Å². The Balaban J connectivity index is 1.58. The van der Waals surface area contributed by atoms with Crippen molar-refractivity contribution in [2.45, 2.75) is 32.9 Å². The lowest BCUT2D eigenvalue weighted by Gasteiger charge is -2.16. The number of nitrogens with zero attached hydrogens (tertiary/aromatic N) is 1. The smallest absolute Gasteiger partial charge is 0.307 e. The molecule has 0 aliphatic rings. The van der Waals surface area contributed by atoms with Gasteiger partial charge in [-0.1, -0.05) is 41.7 Å². The number of amides is 2. The van der Waals surface area contributed by atoms with Crippen molar-refractivity contribution in [1.29, 1.82) is 0 Å². The Hall–Kier alpha value is -3.19. The van der Waals surface area contributed by atoms with Gasteiger partial charge in [-0.3, -0.25) is 14.4 Å². The molecule has 3 aromatic rings. The van der Waals surface area contributed by atoms with Crippen molar-refractivity contribution < 1.29 is 9.59 Å². The van der Waals surface area contributed by atoms with Crippen LogP contribution < -0.4 is 15.5 Å². The van der Waals surface area contributed by atoms with Crippen molar-refractivity contribution in [1.82, 2.24) is 9.88 Å². The molecule has 3 rings (SSSR count). The summed E-state index contributed by atoms with van der Waals surface area (Å²) in [4.78, 5) is 36.3. The largest absolute Gasteiger partial charge is 0.350 e. The number of nitrogens with one attached hydrogen (secondary N) is 2. The summed E-state index contributed by atoms with van der Waals surface area (Å²) in [5.74, 6) is -0.315. The van der Waals surface area contributed by atoms with Crippen LogP contribution in [0.25, 0.3) is 0 Å². The molecule has 1 unspecified atom stereocenters. The standard InChI is InChI=1S/C22H23N3O3S/c1-15-14-29-22(28)25(15)12-11-20(26)23-16(2)18-9-6-10-19(13-18)24-21(27)17-7-4-3-5-8-17/h3-10,13-14,16H,11-12H2,1-2H3,(H,23,26)(H,24,27). The van der Waals surface area contributed by atoms with Crippen molar-refractivity contribution in [2.24, 2.45) is 0 Å². The third kappa shape index (κ3) is 5.42. The Kier molecular flexibility index (Phi) is 6.61. The molecule has 0 saturated carbocycles. The van der Waals surface area contributed by atoms with Gasteiger partial charge >= 0.3 is 4.87 Å². The maximum absolute atomic E-state index is 12.3. The molecule has 29 heavy (non-hydrogen) atoms. The van der Waals surface area contributed by atoms with Crippen LogP contribution in [-0.2, 0) is 11.3 Å². The van der Waals surface area contributed by atoms with E-state index in [4.69, 9.17) is 0 Å². The summed E-state index contributed by atoms with van der Waals surface area (Å²) in [6, 6.07) is 16.2. The van der Waals surface area contributed by atoms with E-state index in [2.05, 4.69) is 10.6 Å². The lowest BCUT2D eigenvalue weighted by molar-refractivity contribution is -0.121. The van der Waals surface area contributed by atoms with Crippen LogP contribution >= 0.6 is 11.3 Å². The Morgan fingerprint density at radius 3 is 2.55 bits per heavy atom. The second-order valence-electron chi connectivity index (χ2n) is 6.78. The Labute approximate surface area is 173 Å². The van der Waals surface area contributed by atoms with Crippen LogP contribution in [0.1, 0.15) is 41.0 Å². The van der Waals surface area contributed by atoms with E-state index in [1.165, 1.54) is 0 Å².